The van der Waals surface area contributed by atoms with Crippen LogP contribution in [0.4, 0.5) is 0 Å². The first kappa shape index (κ1) is 22.6. The average molecular weight is 443 g/mol. The van der Waals surface area contributed by atoms with Crippen molar-refractivity contribution in [2.45, 2.75) is 51.9 Å². The first-order valence-corrected chi connectivity index (χ1v) is 13.2. The molecule has 33 heavy (non-hydrogen) atoms. The van der Waals surface area contributed by atoms with Crippen LogP contribution in [-0.4, -0.2) is 11.6 Å². The van der Waals surface area contributed by atoms with Crippen LogP contribution in [0.15, 0.2) is 72.9 Å². The Morgan fingerprint density at radius 1 is 0.939 bits per heavy atom. The molecule has 174 valence electrons. The van der Waals surface area contributed by atoms with Crippen LogP contribution < -0.4 is 0 Å². The topological polar surface area (TPSA) is 34.1 Å². The van der Waals surface area contributed by atoms with Crippen LogP contribution in [-0.2, 0) is 9.59 Å². The lowest BCUT2D eigenvalue weighted by atomic mass is 9.79. The van der Waals surface area contributed by atoms with Crippen molar-refractivity contribution in [3.05, 3.63) is 72.9 Å². The van der Waals surface area contributed by atoms with Gasteiger partial charge in [-0.05, 0) is 85.2 Å². The number of fused-ring (bicyclic) bond motifs is 10. The second-order valence-corrected chi connectivity index (χ2v) is 10.9. The highest BCUT2D eigenvalue weighted by Crippen LogP contribution is 2.58. The van der Waals surface area contributed by atoms with Crippen molar-refractivity contribution in [1.29, 1.82) is 0 Å². The summed E-state index contributed by atoms with van der Waals surface area (Å²) in [6.45, 7) is 6.14. The minimum atomic E-state index is 0.264. The number of carbonyl (C=O) groups excluding carboxylic acids is 2. The van der Waals surface area contributed by atoms with E-state index in [-0.39, 0.29) is 5.92 Å². The van der Waals surface area contributed by atoms with Gasteiger partial charge in [0.1, 0.15) is 0 Å². The fourth-order valence-electron chi connectivity index (χ4n) is 7.65. The van der Waals surface area contributed by atoms with Crippen LogP contribution in [0.2, 0.25) is 0 Å². The molecule has 0 aromatic heterocycles. The number of hydrogen-bond donors (Lipinski definition) is 0. The van der Waals surface area contributed by atoms with E-state index in [1.54, 1.807) is 6.08 Å². The lowest BCUT2D eigenvalue weighted by Gasteiger charge is -2.23. The maximum Gasteiger partial charge on any atom is 0.163 e. The van der Waals surface area contributed by atoms with E-state index in [4.69, 9.17) is 0 Å². The molecule has 0 saturated heterocycles. The Bertz CT molecular complexity index is 944. The van der Waals surface area contributed by atoms with Gasteiger partial charge in [-0.3, -0.25) is 9.59 Å². The molecular formula is C31H38O2. The maximum absolute atomic E-state index is 12.9. The summed E-state index contributed by atoms with van der Waals surface area (Å²) >= 11 is 0. The lowest BCUT2D eigenvalue weighted by Crippen LogP contribution is -2.21. The number of allylic oxidation sites excluding steroid dienone is 11. The van der Waals surface area contributed by atoms with Gasteiger partial charge in [-0.15, -0.1) is 6.58 Å². The van der Waals surface area contributed by atoms with E-state index in [0.717, 1.165) is 18.4 Å². The van der Waals surface area contributed by atoms with Crippen molar-refractivity contribution in [1.82, 2.24) is 0 Å². The fraction of sp³-hybridized carbons (Fsp3) is 0.548. The Hall–Kier alpha value is -2.22. The lowest BCUT2D eigenvalue weighted by molar-refractivity contribution is -0.119. The molecule has 2 nitrogen and oxygen atoms in total. The van der Waals surface area contributed by atoms with Crippen molar-refractivity contribution in [3.8, 4) is 0 Å². The Labute approximate surface area is 199 Å². The van der Waals surface area contributed by atoms with Gasteiger partial charge in [-0.2, -0.15) is 0 Å². The van der Waals surface area contributed by atoms with Gasteiger partial charge in [0, 0.05) is 11.8 Å². The number of carbonyl (C=O) groups is 2. The zero-order valence-electron chi connectivity index (χ0n) is 19.9. The van der Waals surface area contributed by atoms with Crippen LogP contribution in [0.3, 0.4) is 0 Å². The Morgan fingerprint density at radius 2 is 1.67 bits per heavy atom. The SMILES string of the molecule is C=CC[C@@H]1/C(=C\C=C\CCCCC)C(=O)[C@@H]2[C@H]1[C@@H]1C=C[C@H]2C1.O=C1C=C[C@H]2[C@@H]1[C@H]1C=C[C@@H]2C1. The number of unbranched alkanes of at least 4 members (excludes halogenated alkanes) is 3. The normalized spacial score (nSPS) is 42.0. The summed E-state index contributed by atoms with van der Waals surface area (Å²) in [6.07, 6.45) is 29.8. The van der Waals surface area contributed by atoms with Gasteiger partial charge in [0.15, 0.2) is 11.6 Å². The zero-order valence-corrected chi connectivity index (χ0v) is 19.9. The van der Waals surface area contributed by atoms with Crippen LogP contribution in [0.1, 0.15) is 51.9 Å². The van der Waals surface area contributed by atoms with Crippen molar-refractivity contribution < 1.29 is 9.59 Å². The molecule has 0 amide bonds. The molecule has 6 aliphatic carbocycles. The van der Waals surface area contributed by atoms with E-state index >= 15 is 0 Å². The van der Waals surface area contributed by atoms with Crippen LogP contribution in [0.25, 0.3) is 0 Å². The number of Topliss-reactive ketones (excluding diaryl/α,β-unsaturated/α-hetero) is 1. The third kappa shape index (κ3) is 4.00. The second-order valence-electron chi connectivity index (χ2n) is 10.9. The maximum atomic E-state index is 12.9. The molecule has 0 unspecified atom stereocenters. The minimum absolute atomic E-state index is 0.264. The van der Waals surface area contributed by atoms with Gasteiger partial charge in [-0.25, -0.2) is 0 Å². The van der Waals surface area contributed by atoms with Gasteiger partial charge < -0.3 is 0 Å². The first-order valence-electron chi connectivity index (χ1n) is 13.2. The predicted octanol–water partition coefficient (Wildman–Crippen LogP) is 6.83. The third-order valence-electron chi connectivity index (χ3n) is 9.11. The van der Waals surface area contributed by atoms with Crippen molar-refractivity contribution in [2.75, 3.05) is 0 Å². The molecule has 0 aliphatic heterocycles. The van der Waals surface area contributed by atoms with E-state index in [0.29, 0.717) is 58.9 Å². The van der Waals surface area contributed by atoms with Gasteiger partial charge in [0.05, 0.1) is 0 Å². The predicted molar refractivity (Wildman–Crippen MR) is 134 cm³/mol. The molecule has 0 spiro atoms. The van der Waals surface area contributed by atoms with Crippen molar-refractivity contribution in [3.63, 3.8) is 0 Å². The van der Waals surface area contributed by atoms with Gasteiger partial charge >= 0.3 is 0 Å². The molecule has 0 aromatic carbocycles. The molecule has 6 aliphatic rings. The summed E-state index contributed by atoms with van der Waals surface area (Å²) < 4.78 is 0. The Balaban J connectivity index is 0.000000171. The molecule has 0 radical (unpaired) electrons. The smallest absolute Gasteiger partial charge is 0.163 e. The van der Waals surface area contributed by atoms with Gasteiger partial charge in [0.2, 0.25) is 0 Å². The molecule has 2 heteroatoms. The molecular weight excluding hydrogens is 404 g/mol. The number of ketones is 2. The Kier molecular flexibility index (Phi) is 6.54. The van der Waals surface area contributed by atoms with Crippen LogP contribution in [0, 0.1) is 53.3 Å². The standard InChI is InChI=1S/C21H28O.C10H10O/c1-3-5-6-7-8-9-11-18-17(10-4-2)19-15-12-13-16(14-15)20(19)21(18)22;11-9-4-3-8-6-1-2-7(5-6)10(8)9/h4,8-9,11-13,15-17,19-20H,2-3,5-7,10,14H2,1H3;1-4,6-8,10H,5H2/b9-8+,18-11+;/t15-,16+,17-,19+,20+;6-,7+,8-,10+/m11/s1. The van der Waals surface area contributed by atoms with Gasteiger partial charge in [0.25, 0.3) is 0 Å². The molecule has 0 heterocycles. The van der Waals surface area contributed by atoms with Crippen LogP contribution in [0.5, 0.6) is 0 Å². The van der Waals surface area contributed by atoms with Crippen molar-refractivity contribution >= 4 is 11.6 Å². The van der Waals surface area contributed by atoms with E-state index in [1.165, 1.54) is 32.1 Å². The molecule has 0 aromatic rings. The highest BCUT2D eigenvalue weighted by molar-refractivity contribution is 6.01. The van der Waals surface area contributed by atoms with E-state index in [1.807, 2.05) is 6.08 Å². The van der Waals surface area contributed by atoms with E-state index < -0.39 is 0 Å². The quantitative estimate of drug-likeness (QED) is 0.246. The molecule has 9 atom stereocenters. The van der Waals surface area contributed by atoms with Crippen LogP contribution >= 0.6 is 0 Å². The number of hydrogen-bond acceptors (Lipinski definition) is 2. The highest BCUT2D eigenvalue weighted by Gasteiger charge is 2.57. The minimum Gasteiger partial charge on any atom is -0.295 e. The fourth-order valence-corrected chi connectivity index (χ4v) is 7.65. The molecule has 6 rings (SSSR count). The molecule has 4 bridgehead atoms. The summed E-state index contributed by atoms with van der Waals surface area (Å²) in [5, 5.41) is 0. The molecule has 3 fully saturated rings. The monoisotopic (exact) mass is 442 g/mol. The summed E-state index contributed by atoms with van der Waals surface area (Å²) in [5.41, 5.74) is 1.07. The van der Waals surface area contributed by atoms with E-state index in [9.17, 15) is 9.59 Å². The highest BCUT2D eigenvalue weighted by atomic mass is 16.1. The third-order valence-corrected chi connectivity index (χ3v) is 9.11. The largest absolute Gasteiger partial charge is 0.295 e. The summed E-state index contributed by atoms with van der Waals surface area (Å²) in [5.74, 6) is 5.30. The van der Waals surface area contributed by atoms with Crippen molar-refractivity contribution in [2.24, 2.45) is 53.3 Å². The van der Waals surface area contributed by atoms with E-state index in [2.05, 4.69) is 62.1 Å². The van der Waals surface area contributed by atoms with Gasteiger partial charge in [-0.1, -0.05) is 74.4 Å². The first-order chi connectivity index (χ1) is 16.1. The zero-order chi connectivity index (χ0) is 22.9. The summed E-state index contributed by atoms with van der Waals surface area (Å²) in [7, 11) is 0. The summed E-state index contributed by atoms with van der Waals surface area (Å²) in [6, 6.07) is 0. The average Bonchev–Trinajstić information content (AvgIpc) is 3.64. The summed E-state index contributed by atoms with van der Waals surface area (Å²) in [4.78, 5) is 24.2. The Morgan fingerprint density at radius 3 is 2.42 bits per heavy atom. The second kappa shape index (κ2) is 9.57. The molecule has 3 saturated carbocycles. The molecule has 0 N–H and O–H groups in total. The number of rotatable bonds is 7.